The van der Waals surface area contributed by atoms with Crippen molar-refractivity contribution in [2.45, 2.75) is 20.3 Å². The Morgan fingerprint density at radius 3 is 2.64 bits per heavy atom. The molecule has 0 bridgehead atoms. The van der Waals surface area contributed by atoms with Crippen molar-refractivity contribution in [3.63, 3.8) is 0 Å². The number of rotatable bonds is 7. The molecule has 0 saturated heterocycles. The largest absolute Gasteiger partial charge is 0.619 e. The number of hydrogen-bond acceptors (Lipinski definition) is 7. The van der Waals surface area contributed by atoms with Gasteiger partial charge in [0.25, 0.3) is 11.8 Å². The van der Waals surface area contributed by atoms with Crippen LogP contribution in [0, 0.1) is 12.1 Å². The maximum atomic E-state index is 13.3. The number of nitrogens with zero attached hydrogens (tertiary/aromatic N) is 5. The Labute approximate surface area is 226 Å². The molecule has 2 amide bonds. The summed E-state index contributed by atoms with van der Waals surface area (Å²) in [5, 5.41) is 13.9. The van der Waals surface area contributed by atoms with E-state index in [0.29, 0.717) is 58.5 Å². The van der Waals surface area contributed by atoms with E-state index in [1.807, 2.05) is 36.9 Å². The van der Waals surface area contributed by atoms with Crippen molar-refractivity contribution in [3.8, 4) is 5.75 Å². The zero-order chi connectivity index (χ0) is 27.5. The molecule has 0 aliphatic carbocycles. The average Bonchev–Trinajstić information content (AvgIpc) is 3.03. The molecule has 10 heteroatoms. The minimum Gasteiger partial charge on any atom is -0.619 e. The van der Waals surface area contributed by atoms with Crippen molar-refractivity contribution in [2.24, 2.45) is 0 Å². The first-order chi connectivity index (χ1) is 18.9. The second kappa shape index (κ2) is 10.8. The number of amides is 2. The minimum absolute atomic E-state index is 0.141. The Kier molecular flexibility index (Phi) is 7.09. The van der Waals surface area contributed by atoms with E-state index in [9.17, 15) is 14.8 Å². The van der Waals surface area contributed by atoms with Gasteiger partial charge in [0.1, 0.15) is 11.6 Å². The number of fused-ring (bicyclic) bond motifs is 2. The number of carbonyl (C=O) groups is 2. The molecule has 1 aromatic carbocycles. The Balaban J connectivity index is 1.26. The Morgan fingerprint density at radius 2 is 1.90 bits per heavy atom. The third-order valence-corrected chi connectivity index (χ3v) is 6.56. The van der Waals surface area contributed by atoms with Gasteiger partial charge in [-0.15, -0.1) is 0 Å². The third-order valence-electron chi connectivity index (χ3n) is 6.56. The molecule has 39 heavy (non-hydrogen) atoms. The number of aryl methyl sites for hydroxylation is 1. The van der Waals surface area contributed by atoms with Crippen molar-refractivity contribution in [1.82, 2.24) is 9.97 Å². The molecule has 0 unspecified atom stereocenters. The van der Waals surface area contributed by atoms with Gasteiger partial charge in [-0.1, -0.05) is 0 Å². The van der Waals surface area contributed by atoms with Crippen LogP contribution >= 0.6 is 0 Å². The maximum absolute atomic E-state index is 13.3. The lowest BCUT2D eigenvalue weighted by Crippen LogP contribution is -2.25. The van der Waals surface area contributed by atoms with Crippen molar-refractivity contribution >= 4 is 34.8 Å². The first-order valence-electron chi connectivity index (χ1n) is 12.6. The Hall–Kier alpha value is -4.99. The number of anilines is 4. The van der Waals surface area contributed by atoms with Gasteiger partial charge < -0.3 is 25.1 Å². The molecule has 0 spiro atoms. The van der Waals surface area contributed by atoms with E-state index in [1.54, 1.807) is 42.5 Å². The molecule has 198 valence electrons. The van der Waals surface area contributed by atoms with Crippen LogP contribution in [0.3, 0.4) is 0 Å². The van der Waals surface area contributed by atoms with Crippen LogP contribution < -0.4 is 24.6 Å². The second-order valence-corrected chi connectivity index (χ2v) is 9.15. The summed E-state index contributed by atoms with van der Waals surface area (Å²) in [6, 6.07) is 13.8. The zero-order valence-electron chi connectivity index (χ0n) is 21.9. The number of hydrogen-bond donors (Lipinski definition) is 1. The molecule has 10 nitrogen and oxygen atoms in total. The first kappa shape index (κ1) is 25.7. The molecule has 1 N–H and O–H groups in total. The summed E-state index contributed by atoms with van der Waals surface area (Å²) in [6.45, 7) is 4.86. The highest BCUT2D eigenvalue weighted by Crippen LogP contribution is 2.37. The predicted octanol–water partition coefficient (Wildman–Crippen LogP) is 4.04. The topological polar surface area (TPSA) is 115 Å². The standard InChI is InChI=1S/C29H28N6O4/c1-4-35-26-23(29(37)33(3)24-6-5-12-30-27(24)35)17-20(18-31-26)11-15-39-25-8-7-21(16-19(25)2)28(36)32-22-9-13-34(38)14-10-22/h5-10,12-14,16-18H,4,11,15H2,1-3H3,(H,32,36). The van der Waals surface area contributed by atoms with Gasteiger partial charge in [-0.2, -0.15) is 4.73 Å². The molecular formula is C29H28N6O4. The lowest BCUT2D eigenvalue weighted by atomic mass is 10.1. The summed E-state index contributed by atoms with van der Waals surface area (Å²) in [5.41, 5.74) is 3.96. The smallest absolute Gasteiger partial charge is 0.261 e. The normalized spacial score (nSPS) is 12.4. The molecule has 1 aliphatic rings. The van der Waals surface area contributed by atoms with Crippen molar-refractivity contribution in [2.75, 3.05) is 35.3 Å². The lowest BCUT2D eigenvalue weighted by Gasteiger charge is -2.22. The van der Waals surface area contributed by atoms with Gasteiger partial charge >= 0.3 is 0 Å². The zero-order valence-corrected chi connectivity index (χ0v) is 21.9. The van der Waals surface area contributed by atoms with Crippen LogP contribution in [0.5, 0.6) is 5.75 Å². The van der Waals surface area contributed by atoms with Gasteiger partial charge in [-0.25, -0.2) is 9.97 Å². The molecule has 1 aliphatic heterocycles. The monoisotopic (exact) mass is 524 g/mol. The summed E-state index contributed by atoms with van der Waals surface area (Å²) >= 11 is 0. The van der Waals surface area contributed by atoms with E-state index < -0.39 is 0 Å². The highest BCUT2D eigenvalue weighted by atomic mass is 16.5. The average molecular weight is 525 g/mol. The minimum atomic E-state index is -0.280. The van der Waals surface area contributed by atoms with Crippen LogP contribution in [0.1, 0.15) is 38.8 Å². The van der Waals surface area contributed by atoms with Gasteiger partial charge in [0, 0.05) is 50.1 Å². The van der Waals surface area contributed by atoms with E-state index in [-0.39, 0.29) is 11.8 Å². The van der Waals surface area contributed by atoms with E-state index >= 15 is 0 Å². The lowest BCUT2D eigenvalue weighted by molar-refractivity contribution is -0.605. The van der Waals surface area contributed by atoms with Crippen LogP contribution in [0.2, 0.25) is 0 Å². The van der Waals surface area contributed by atoms with Crippen LogP contribution in [-0.4, -0.2) is 42.0 Å². The highest BCUT2D eigenvalue weighted by molar-refractivity contribution is 6.12. The second-order valence-electron chi connectivity index (χ2n) is 9.15. The summed E-state index contributed by atoms with van der Waals surface area (Å²) in [4.78, 5) is 38.6. The first-order valence-corrected chi connectivity index (χ1v) is 12.6. The molecule has 0 radical (unpaired) electrons. The summed E-state index contributed by atoms with van der Waals surface area (Å²) in [7, 11) is 1.75. The van der Waals surface area contributed by atoms with Gasteiger partial charge in [-0.05, 0) is 61.4 Å². The van der Waals surface area contributed by atoms with Crippen LogP contribution in [0.4, 0.5) is 23.0 Å². The molecule has 5 rings (SSSR count). The number of carbonyl (C=O) groups excluding carboxylic acids is 2. The Bertz CT molecular complexity index is 1540. The van der Waals surface area contributed by atoms with Crippen molar-refractivity contribution in [1.29, 1.82) is 0 Å². The summed E-state index contributed by atoms with van der Waals surface area (Å²) in [6.07, 6.45) is 6.67. The van der Waals surface area contributed by atoms with Crippen LogP contribution in [0.25, 0.3) is 0 Å². The van der Waals surface area contributed by atoms with Gasteiger partial charge in [0.15, 0.2) is 18.2 Å². The number of ether oxygens (including phenoxy) is 1. The SMILES string of the molecule is CCN1c2ncc(CCOc3ccc(C(=O)Nc4cc[n+]([O-])cc4)cc3C)cc2C(=O)N(C)c2cccnc21. The number of aromatic nitrogens is 3. The maximum Gasteiger partial charge on any atom is 0.261 e. The molecule has 0 saturated carbocycles. The predicted molar refractivity (Wildman–Crippen MR) is 148 cm³/mol. The van der Waals surface area contributed by atoms with E-state index in [4.69, 9.17) is 4.74 Å². The fourth-order valence-corrected chi connectivity index (χ4v) is 4.49. The van der Waals surface area contributed by atoms with Crippen LogP contribution in [-0.2, 0) is 6.42 Å². The third kappa shape index (κ3) is 5.22. The van der Waals surface area contributed by atoms with Gasteiger partial charge in [-0.3, -0.25) is 9.59 Å². The quantitative estimate of drug-likeness (QED) is 0.287. The molecule has 3 aromatic heterocycles. The fourth-order valence-electron chi connectivity index (χ4n) is 4.49. The van der Waals surface area contributed by atoms with Crippen LogP contribution in [0.15, 0.2) is 73.3 Å². The van der Waals surface area contributed by atoms with Gasteiger partial charge in [0.05, 0.1) is 23.5 Å². The molecule has 0 fully saturated rings. The van der Waals surface area contributed by atoms with E-state index in [0.717, 1.165) is 16.8 Å². The van der Waals surface area contributed by atoms with Gasteiger partial charge in [0.2, 0.25) is 0 Å². The Morgan fingerprint density at radius 1 is 1.10 bits per heavy atom. The van der Waals surface area contributed by atoms with Crippen molar-refractivity contribution in [3.05, 3.63) is 101 Å². The highest BCUT2D eigenvalue weighted by Gasteiger charge is 2.30. The molecule has 4 heterocycles. The molecule has 0 atom stereocenters. The summed E-state index contributed by atoms with van der Waals surface area (Å²) < 4.78 is 6.66. The number of benzene rings is 1. The molecule has 4 aromatic rings. The van der Waals surface area contributed by atoms with E-state index in [2.05, 4.69) is 15.3 Å². The number of pyridine rings is 3. The molecular weight excluding hydrogens is 496 g/mol. The van der Waals surface area contributed by atoms with Crippen molar-refractivity contribution < 1.29 is 19.1 Å². The summed E-state index contributed by atoms with van der Waals surface area (Å²) in [5.74, 6) is 1.53. The number of nitrogens with one attached hydrogen (secondary N) is 1. The van der Waals surface area contributed by atoms with E-state index in [1.165, 1.54) is 24.5 Å². The fraction of sp³-hybridized carbons (Fsp3) is 0.207.